The van der Waals surface area contributed by atoms with E-state index in [1.807, 2.05) is 42.3 Å². The molecule has 2 amide bonds. The number of carboxylic acids is 1. The molecule has 0 fully saturated rings. The first kappa shape index (κ1) is 21.6. The fraction of sp³-hybridized carbons (Fsp3) is 0.167. The number of carbonyl (C=O) groups is 3. The van der Waals surface area contributed by atoms with E-state index >= 15 is 0 Å². The summed E-state index contributed by atoms with van der Waals surface area (Å²) < 4.78 is 6.84. The van der Waals surface area contributed by atoms with E-state index in [4.69, 9.17) is 9.84 Å². The Hall–Kier alpha value is -4.58. The van der Waals surface area contributed by atoms with Crippen LogP contribution in [0.4, 0.5) is 10.6 Å². The lowest BCUT2D eigenvalue weighted by Crippen LogP contribution is -2.24. The van der Waals surface area contributed by atoms with Gasteiger partial charge in [-0.15, -0.1) is 0 Å². The Kier molecular flexibility index (Phi) is 6.09. The van der Waals surface area contributed by atoms with Crippen molar-refractivity contribution in [1.29, 1.82) is 0 Å². The molecule has 0 spiro atoms. The molecule has 1 aromatic heterocycles. The molecule has 1 aliphatic rings. The number of ether oxygens (including phenoxy) is 1. The van der Waals surface area contributed by atoms with E-state index in [-0.39, 0.29) is 30.6 Å². The van der Waals surface area contributed by atoms with Crippen molar-refractivity contribution in [2.45, 2.75) is 5.92 Å². The lowest BCUT2D eigenvalue weighted by molar-refractivity contribution is -0.130. The number of aliphatic carboxylic acids is 1. The highest BCUT2D eigenvalue weighted by Crippen LogP contribution is 2.44. The van der Waals surface area contributed by atoms with Gasteiger partial charge in [0.05, 0.1) is 6.54 Å². The summed E-state index contributed by atoms with van der Waals surface area (Å²) in [6.45, 7) is 0.0180. The van der Waals surface area contributed by atoms with Gasteiger partial charge in [-0.25, -0.2) is 9.59 Å². The van der Waals surface area contributed by atoms with Gasteiger partial charge in [-0.1, -0.05) is 54.5 Å². The van der Waals surface area contributed by atoms with Crippen molar-refractivity contribution in [3.8, 4) is 23.0 Å². The highest BCUT2D eigenvalue weighted by atomic mass is 16.5. The fourth-order valence-electron chi connectivity index (χ4n) is 3.77. The normalized spacial score (nSPS) is 11.5. The van der Waals surface area contributed by atoms with Gasteiger partial charge in [-0.3, -0.25) is 14.8 Å². The first-order valence-corrected chi connectivity index (χ1v) is 10.1. The lowest BCUT2D eigenvalue weighted by atomic mass is 9.98. The summed E-state index contributed by atoms with van der Waals surface area (Å²) in [5.41, 5.74) is 4.53. The standard InChI is InChI=1S/C24H20N4O5/c1-28-21(13-20(27-28)23(31)25-12-6-11-22(29)30)26-24(32)33-14-19-17-9-4-2-7-15(17)16-8-3-5-10-18(16)19/h2-5,7-10,13,19H,12,14H2,1H3,(H,25,31)(H,26,32)(H,29,30). The zero-order valence-corrected chi connectivity index (χ0v) is 17.7. The van der Waals surface area contributed by atoms with Crippen LogP contribution in [0, 0.1) is 11.8 Å². The SMILES string of the molecule is Cn1nc(C(=O)NCC#CC(=O)O)cc1NC(=O)OCC1c2ccccc2-c2ccccc21. The molecule has 0 saturated carbocycles. The topological polar surface area (TPSA) is 123 Å². The van der Waals surface area contributed by atoms with Crippen LogP contribution in [0.2, 0.25) is 0 Å². The van der Waals surface area contributed by atoms with Crippen molar-refractivity contribution in [2.24, 2.45) is 7.05 Å². The number of anilines is 1. The molecule has 0 aliphatic heterocycles. The highest BCUT2D eigenvalue weighted by molar-refractivity contribution is 5.94. The minimum absolute atomic E-state index is 0.0450. The van der Waals surface area contributed by atoms with Gasteiger partial charge < -0.3 is 15.2 Å². The van der Waals surface area contributed by atoms with Gasteiger partial charge in [0, 0.05) is 25.0 Å². The van der Waals surface area contributed by atoms with Crippen LogP contribution in [0.1, 0.15) is 27.5 Å². The number of nitrogens with zero attached hydrogens (tertiary/aromatic N) is 2. The summed E-state index contributed by atoms with van der Waals surface area (Å²) in [7, 11) is 1.57. The summed E-state index contributed by atoms with van der Waals surface area (Å²) in [4.78, 5) is 34.9. The van der Waals surface area contributed by atoms with Gasteiger partial charge in [-0.05, 0) is 22.3 Å². The number of fused-ring (bicyclic) bond motifs is 3. The monoisotopic (exact) mass is 444 g/mol. The van der Waals surface area contributed by atoms with Gasteiger partial charge in [0.15, 0.2) is 5.69 Å². The molecule has 0 bridgehead atoms. The second-order valence-electron chi connectivity index (χ2n) is 7.28. The second kappa shape index (κ2) is 9.28. The van der Waals surface area contributed by atoms with E-state index in [9.17, 15) is 14.4 Å². The molecule has 0 atom stereocenters. The number of rotatable bonds is 5. The zero-order valence-electron chi connectivity index (χ0n) is 17.7. The van der Waals surface area contributed by atoms with Gasteiger partial charge in [-0.2, -0.15) is 5.10 Å². The van der Waals surface area contributed by atoms with Crippen LogP contribution in [0.3, 0.4) is 0 Å². The van der Waals surface area contributed by atoms with Crippen LogP contribution < -0.4 is 10.6 Å². The molecule has 33 heavy (non-hydrogen) atoms. The molecule has 0 radical (unpaired) electrons. The predicted octanol–water partition coefficient (Wildman–Crippen LogP) is 2.60. The third-order valence-corrected chi connectivity index (χ3v) is 5.22. The molecule has 4 rings (SSSR count). The Morgan fingerprint density at radius 1 is 1.09 bits per heavy atom. The molecule has 1 heterocycles. The van der Waals surface area contributed by atoms with Crippen LogP contribution in [-0.2, 0) is 16.6 Å². The van der Waals surface area contributed by atoms with Crippen molar-refractivity contribution in [2.75, 3.05) is 18.5 Å². The molecule has 166 valence electrons. The van der Waals surface area contributed by atoms with Crippen LogP contribution >= 0.6 is 0 Å². The van der Waals surface area contributed by atoms with Gasteiger partial charge in [0.25, 0.3) is 5.91 Å². The third kappa shape index (κ3) is 4.70. The third-order valence-electron chi connectivity index (χ3n) is 5.22. The van der Waals surface area contributed by atoms with Gasteiger partial charge in [0.1, 0.15) is 12.4 Å². The van der Waals surface area contributed by atoms with Crippen LogP contribution in [0.5, 0.6) is 0 Å². The number of nitrogens with one attached hydrogen (secondary N) is 2. The van der Waals surface area contributed by atoms with E-state index in [0.29, 0.717) is 0 Å². The number of benzene rings is 2. The quantitative estimate of drug-likeness (QED) is 0.520. The maximum Gasteiger partial charge on any atom is 0.412 e. The molecule has 3 aromatic rings. The fourth-order valence-corrected chi connectivity index (χ4v) is 3.77. The Balaban J connectivity index is 1.38. The number of hydrogen-bond donors (Lipinski definition) is 3. The first-order valence-electron chi connectivity index (χ1n) is 10.1. The average Bonchev–Trinajstić information content (AvgIpc) is 3.33. The molecule has 0 unspecified atom stereocenters. The summed E-state index contributed by atoms with van der Waals surface area (Å²) in [6, 6.07) is 17.5. The molecule has 9 heteroatoms. The second-order valence-corrected chi connectivity index (χ2v) is 7.28. The molecule has 1 aliphatic carbocycles. The van der Waals surface area contributed by atoms with Crippen molar-refractivity contribution in [1.82, 2.24) is 15.1 Å². The van der Waals surface area contributed by atoms with Crippen molar-refractivity contribution in [3.63, 3.8) is 0 Å². The van der Waals surface area contributed by atoms with Gasteiger partial charge >= 0.3 is 12.1 Å². The Bertz CT molecular complexity index is 1260. The van der Waals surface area contributed by atoms with E-state index in [2.05, 4.69) is 33.8 Å². The van der Waals surface area contributed by atoms with Crippen LogP contribution in [-0.4, -0.2) is 46.0 Å². The molecule has 0 saturated heterocycles. The smallest absolute Gasteiger partial charge is 0.412 e. The zero-order chi connectivity index (χ0) is 23.4. The van der Waals surface area contributed by atoms with Crippen molar-refractivity contribution < 1.29 is 24.2 Å². The Morgan fingerprint density at radius 2 is 1.73 bits per heavy atom. The summed E-state index contributed by atoms with van der Waals surface area (Å²) in [6.07, 6.45) is -0.667. The maximum atomic E-state index is 12.5. The lowest BCUT2D eigenvalue weighted by Gasteiger charge is -2.14. The van der Waals surface area contributed by atoms with E-state index in [1.165, 1.54) is 10.7 Å². The largest absolute Gasteiger partial charge is 0.472 e. The van der Waals surface area contributed by atoms with E-state index < -0.39 is 18.0 Å². The van der Waals surface area contributed by atoms with Crippen LogP contribution in [0.15, 0.2) is 54.6 Å². The molecule has 2 aromatic carbocycles. The molecular weight excluding hydrogens is 424 g/mol. The van der Waals surface area contributed by atoms with Gasteiger partial charge in [0.2, 0.25) is 0 Å². The first-order chi connectivity index (χ1) is 15.9. The summed E-state index contributed by atoms with van der Waals surface area (Å²) >= 11 is 0. The number of aromatic nitrogens is 2. The minimum Gasteiger partial charge on any atom is -0.472 e. The predicted molar refractivity (Wildman–Crippen MR) is 120 cm³/mol. The molecular formula is C24H20N4O5. The maximum absolute atomic E-state index is 12.5. The van der Waals surface area contributed by atoms with Crippen molar-refractivity contribution in [3.05, 3.63) is 71.4 Å². The number of carboxylic acid groups (broad SMARTS) is 1. The van der Waals surface area contributed by atoms with E-state index in [0.717, 1.165) is 22.3 Å². The van der Waals surface area contributed by atoms with Crippen LogP contribution in [0.25, 0.3) is 11.1 Å². The van der Waals surface area contributed by atoms with E-state index in [1.54, 1.807) is 7.05 Å². The number of hydrogen-bond acceptors (Lipinski definition) is 5. The minimum atomic E-state index is -1.28. The number of amides is 2. The number of aryl methyl sites for hydroxylation is 1. The summed E-state index contributed by atoms with van der Waals surface area (Å²) in [5, 5.41) is 17.5. The molecule has 9 nitrogen and oxygen atoms in total. The highest BCUT2D eigenvalue weighted by Gasteiger charge is 2.29. The Morgan fingerprint density at radius 3 is 2.36 bits per heavy atom. The van der Waals surface area contributed by atoms with Crippen molar-refractivity contribution >= 4 is 23.8 Å². The average molecular weight is 444 g/mol. The Labute approximate surface area is 189 Å². The summed E-state index contributed by atoms with van der Waals surface area (Å²) in [5.74, 6) is 2.56. The number of carbonyl (C=O) groups excluding carboxylic acids is 2. The molecule has 3 N–H and O–H groups in total.